The first-order valence-corrected chi connectivity index (χ1v) is 12.4. The van der Waals surface area contributed by atoms with Gasteiger partial charge in [0.15, 0.2) is 0 Å². The van der Waals surface area contributed by atoms with Gasteiger partial charge < -0.3 is 19.6 Å². The Balaban J connectivity index is 1.34. The average molecular weight is 514 g/mol. The molecule has 3 aromatic rings. The number of benzene rings is 2. The number of halogens is 3. The Morgan fingerprint density at radius 3 is 2.65 bits per heavy atom. The number of piperidine rings is 1. The maximum atomic E-state index is 13.2. The summed E-state index contributed by atoms with van der Waals surface area (Å²) in [4.78, 5) is 37.3. The molecule has 3 aliphatic heterocycles. The summed E-state index contributed by atoms with van der Waals surface area (Å²) >= 11 is 0. The Hall–Kier alpha value is -3.44. The second-order valence-electron chi connectivity index (χ2n) is 9.91. The zero-order valence-corrected chi connectivity index (χ0v) is 19.9. The molecular formula is C26H26F3N5O3. The predicted octanol–water partition coefficient (Wildman–Crippen LogP) is 3.06. The van der Waals surface area contributed by atoms with Crippen molar-refractivity contribution in [1.82, 2.24) is 14.5 Å². The van der Waals surface area contributed by atoms with Crippen LogP contribution in [0, 0.1) is 0 Å². The lowest BCUT2D eigenvalue weighted by Crippen LogP contribution is -2.72. The fourth-order valence-electron chi connectivity index (χ4n) is 5.52. The van der Waals surface area contributed by atoms with E-state index < -0.39 is 17.6 Å². The van der Waals surface area contributed by atoms with E-state index in [1.165, 1.54) is 12.1 Å². The highest BCUT2D eigenvalue weighted by Crippen LogP contribution is 2.43. The summed E-state index contributed by atoms with van der Waals surface area (Å²) in [5.74, 6) is -0.722. The summed E-state index contributed by atoms with van der Waals surface area (Å²) in [5.41, 5.74) is 1.15. The van der Waals surface area contributed by atoms with Crippen LogP contribution in [0.15, 0.2) is 47.5 Å². The number of aryl methyl sites for hydroxylation is 1. The number of rotatable bonds is 6. The van der Waals surface area contributed by atoms with Crippen LogP contribution < -0.4 is 10.5 Å². The third kappa shape index (κ3) is 4.25. The number of imidazole rings is 1. The summed E-state index contributed by atoms with van der Waals surface area (Å²) in [5, 5.41) is 9.36. The maximum Gasteiger partial charge on any atom is 0.416 e. The number of piperazine rings is 1. The topological polar surface area (TPSA) is 93.9 Å². The lowest BCUT2D eigenvalue weighted by Gasteiger charge is -2.55. The van der Waals surface area contributed by atoms with E-state index in [9.17, 15) is 27.9 Å². The molecule has 2 bridgehead atoms. The summed E-state index contributed by atoms with van der Waals surface area (Å²) in [6.45, 7) is 0.892. The van der Waals surface area contributed by atoms with Gasteiger partial charge in [0.25, 0.3) is 5.91 Å². The van der Waals surface area contributed by atoms with Gasteiger partial charge in [-0.3, -0.25) is 14.5 Å². The SMILES string of the molecule is O=C(/N=c1\[nH]c2cc(N3CC4CC(C3=O)N4C3CC3)ccc2n1CCCO)c1cccc(C(F)(F)F)c1. The predicted molar refractivity (Wildman–Crippen MR) is 129 cm³/mol. The number of carbonyl (C=O) groups excluding carboxylic acids is 2. The van der Waals surface area contributed by atoms with Gasteiger partial charge in [-0.1, -0.05) is 6.07 Å². The van der Waals surface area contributed by atoms with Gasteiger partial charge >= 0.3 is 6.18 Å². The second kappa shape index (κ2) is 8.84. The molecule has 7 rings (SSSR count). The third-order valence-corrected chi connectivity index (χ3v) is 7.46. The highest BCUT2D eigenvalue weighted by Gasteiger charge is 2.55. The molecule has 1 aromatic heterocycles. The summed E-state index contributed by atoms with van der Waals surface area (Å²) in [6, 6.07) is 10.5. The first-order valence-electron chi connectivity index (χ1n) is 12.4. The molecule has 2 N–H and O–H groups in total. The van der Waals surface area contributed by atoms with Crippen molar-refractivity contribution in [3.8, 4) is 0 Å². The van der Waals surface area contributed by atoms with Crippen molar-refractivity contribution in [2.75, 3.05) is 18.1 Å². The van der Waals surface area contributed by atoms with Crippen LogP contribution in [0.5, 0.6) is 0 Å². The zero-order valence-electron chi connectivity index (χ0n) is 19.9. The maximum absolute atomic E-state index is 13.2. The highest BCUT2D eigenvalue weighted by molar-refractivity contribution is 6.01. The number of aromatic amines is 1. The van der Waals surface area contributed by atoms with Crippen LogP contribution in [0.25, 0.3) is 11.0 Å². The van der Waals surface area contributed by atoms with Gasteiger partial charge in [0.05, 0.1) is 22.6 Å². The molecule has 1 saturated carbocycles. The number of fused-ring (bicyclic) bond motifs is 3. The van der Waals surface area contributed by atoms with Gasteiger partial charge in [0.2, 0.25) is 11.5 Å². The third-order valence-electron chi connectivity index (χ3n) is 7.46. The Kier molecular flexibility index (Phi) is 5.72. The van der Waals surface area contributed by atoms with Crippen LogP contribution >= 0.6 is 0 Å². The van der Waals surface area contributed by atoms with Crippen molar-refractivity contribution in [3.05, 3.63) is 59.2 Å². The van der Waals surface area contributed by atoms with Crippen LogP contribution in [0.1, 0.15) is 41.6 Å². The lowest BCUT2D eigenvalue weighted by atomic mass is 9.86. The standard InChI is InChI=1S/C26H26F3N5O3/c27-26(28,29)16-4-1-3-15(11-16)23(36)31-25-30-20-12-18(7-8-21(20)32(25)9-2-10-35)33-14-19-13-22(24(33)37)34(19)17-5-6-17/h1,3-4,7-8,11-12,17,19,22,35H,2,5-6,9-10,13-14H2,(H,30,31,36). The van der Waals surface area contributed by atoms with Gasteiger partial charge in [0.1, 0.15) is 0 Å². The Morgan fingerprint density at radius 1 is 1.14 bits per heavy atom. The number of carbonyl (C=O) groups is 2. The molecule has 2 aromatic carbocycles. The number of H-pyrrole nitrogens is 1. The molecule has 4 aliphatic rings. The van der Waals surface area contributed by atoms with Gasteiger partial charge in [-0.05, 0) is 62.1 Å². The van der Waals surface area contributed by atoms with Gasteiger partial charge in [0, 0.05) is 43.0 Å². The number of hydrogen-bond acceptors (Lipinski definition) is 4. The van der Waals surface area contributed by atoms with Crippen LogP contribution in [0.3, 0.4) is 0 Å². The molecule has 4 heterocycles. The summed E-state index contributed by atoms with van der Waals surface area (Å²) < 4.78 is 41.0. The van der Waals surface area contributed by atoms with E-state index in [-0.39, 0.29) is 29.7 Å². The van der Waals surface area contributed by atoms with Gasteiger partial charge in [-0.25, -0.2) is 0 Å². The van der Waals surface area contributed by atoms with E-state index >= 15 is 0 Å². The van der Waals surface area contributed by atoms with E-state index in [0.29, 0.717) is 42.6 Å². The van der Waals surface area contributed by atoms with E-state index in [4.69, 9.17) is 0 Å². The molecule has 2 atom stereocenters. The van der Waals surface area contributed by atoms with Crippen LogP contribution in [-0.4, -0.2) is 62.6 Å². The Morgan fingerprint density at radius 2 is 1.95 bits per heavy atom. The van der Waals surface area contributed by atoms with Crippen molar-refractivity contribution in [2.45, 2.75) is 56.5 Å². The Bertz CT molecular complexity index is 1460. The minimum absolute atomic E-state index is 0.0595. The number of aromatic nitrogens is 2. The lowest BCUT2D eigenvalue weighted by molar-refractivity contribution is -0.138. The normalized spacial score (nSPS) is 22.5. The first-order chi connectivity index (χ1) is 17.7. The fraction of sp³-hybridized carbons (Fsp3) is 0.423. The van der Waals surface area contributed by atoms with Crippen molar-refractivity contribution in [2.24, 2.45) is 4.99 Å². The zero-order chi connectivity index (χ0) is 25.9. The summed E-state index contributed by atoms with van der Waals surface area (Å²) in [7, 11) is 0. The molecule has 194 valence electrons. The minimum Gasteiger partial charge on any atom is -0.396 e. The van der Waals surface area contributed by atoms with Gasteiger partial charge in [-0.2, -0.15) is 18.2 Å². The smallest absolute Gasteiger partial charge is 0.396 e. The molecule has 2 amide bonds. The van der Waals surface area contributed by atoms with Gasteiger partial charge in [-0.15, -0.1) is 0 Å². The minimum atomic E-state index is -4.57. The molecular weight excluding hydrogens is 487 g/mol. The molecule has 0 spiro atoms. The highest BCUT2D eigenvalue weighted by atomic mass is 19.4. The van der Waals surface area contributed by atoms with Crippen LogP contribution in [-0.2, 0) is 17.5 Å². The van der Waals surface area contributed by atoms with Crippen LogP contribution in [0.4, 0.5) is 18.9 Å². The first kappa shape index (κ1) is 23.9. The number of nitrogens with zero attached hydrogens (tertiary/aromatic N) is 4. The van der Waals surface area contributed by atoms with E-state index in [2.05, 4.69) is 14.9 Å². The van der Waals surface area contributed by atoms with Crippen molar-refractivity contribution >= 4 is 28.5 Å². The number of aliphatic hydroxyl groups is 1. The quantitative estimate of drug-likeness (QED) is 0.530. The molecule has 2 unspecified atom stereocenters. The van der Waals surface area contributed by atoms with E-state index in [1.807, 2.05) is 18.2 Å². The number of nitrogens with one attached hydrogen (secondary N) is 1. The monoisotopic (exact) mass is 513 g/mol. The van der Waals surface area contributed by atoms with Crippen molar-refractivity contribution in [1.29, 1.82) is 0 Å². The molecule has 37 heavy (non-hydrogen) atoms. The molecule has 8 nitrogen and oxygen atoms in total. The molecule has 1 aliphatic carbocycles. The van der Waals surface area contributed by atoms with Crippen molar-refractivity contribution in [3.63, 3.8) is 0 Å². The Labute approximate surface area is 210 Å². The number of amides is 2. The number of anilines is 1. The summed E-state index contributed by atoms with van der Waals surface area (Å²) in [6.07, 6.45) is -0.956. The largest absolute Gasteiger partial charge is 0.416 e. The van der Waals surface area contributed by atoms with E-state index in [1.54, 1.807) is 9.47 Å². The second-order valence-corrected chi connectivity index (χ2v) is 9.91. The average Bonchev–Trinajstić information content (AvgIpc) is 3.62. The number of aliphatic hydroxyl groups excluding tert-OH is 1. The molecule has 0 radical (unpaired) electrons. The van der Waals surface area contributed by atoms with Crippen LogP contribution in [0.2, 0.25) is 0 Å². The molecule has 4 fully saturated rings. The molecule has 3 saturated heterocycles. The number of hydrogen-bond donors (Lipinski definition) is 2. The molecule has 11 heteroatoms. The van der Waals surface area contributed by atoms with Crippen molar-refractivity contribution < 1.29 is 27.9 Å². The number of alkyl halides is 3. The van der Waals surface area contributed by atoms with E-state index in [0.717, 1.165) is 37.1 Å². The fourth-order valence-corrected chi connectivity index (χ4v) is 5.52.